The van der Waals surface area contributed by atoms with Crippen molar-refractivity contribution in [3.8, 4) is 17.0 Å². The molecule has 0 saturated heterocycles. The quantitative estimate of drug-likeness (QED) is 0.404. The van der Waals surface area contributed by atoms with Gasteiger partial charge in [0.2, 0.25) is 0 Å². The minimum Gasteiger partial charge on any atom is -0.491 e. The molecule has 1 aliphatic heterocycles. The average molecular weight is 483 g/mol. The molecule has 1 saturated carbocycles. The molecule has 2 aromatic heterocycles. The van der Waals surface area contributed by atoms with Crippen LogP contribution in [0.5, 0.6) is 5.75 Å². The zero-order valence-electron chi connectivity index (χ0n) is 20.1. The molecule has 2 aromatic carbocycles. The summed E-state index contributed by atoms with van der Waals surface area (Å²) in [6.45, 7) is 1.06. The van der Waals surface area contributed by atoms with Crippen molar-refractivity contribution in [2.24, 2.45) is 0 Å². The molecule has 1 fully saturated rings. The number of rotatable bonds is 7. The van der Waals surface area contributed by atoms with Gasteiger partial charge in [0.15, 0.2) is 0 Å². The number of pyridine rings is 2. The van der Waals surface area contributed by atoms with Crippen molar-refractivity contribution >= 4 is 22.5 Å². The highest BCUT2D eigenvalue weighted by Crippen LogP contribution is 2.36. The lowest BCUT2D eigenvalue weighted by Crippen LogP contribution is -2.27. The summed E-state index contributed by atoms with van der Waals surface area (Å²) in [5.74, 6) is 0.368. The molecule has 0 atom stereocenters. The van der Waals surface area contributed by atoms with E-state index >= 15 is 0 Å². The Morgan fingerprint density at radius 2 is 2.00 bits per heavy atom. The molecular formula is C29H27FN4O2. The van der Waals surface area contributed by atoms with E-state index in [4.69, 9.17) is 9.72 Å². The van der Waals surface area contributed by atoms with Gasteiger partial charge in [-0.2, -0.15) is 0 Å². The van der Waals surface area contributed by atoms with Gasteiger partial charge in [-0.25, -0.2) is 9.37 Å². The van der Waals surface area contributed by atoms with Crippen LogP contribution < -0.4 is 15.0 Å². The van der Waals surface area contributed by atoms with Crippen LogP contribution in [0.4, 0.5) is 10.1 Å². The topological polar surface area (TPSA) is 67.4 Å². The third-order valence-corrected chi connectivity index (χ3v) is 6.93. The number of ether oxygens (including phenoxy) is 1. The van der Waals surface area contributed by atoms with Gasteiger partial charge in [0.1, 0.15) is 17.3 Å². The molecule has 1 amide bonds. The van der Waals surface area contributed by atoms with Crippen LogP contribution in [0.25, 0.3) is 22.2 Å². The van der Waals surface area contributed by atoms with Crippen LogP contribution in [0.2, 0.25) is 0 Å². The molecule has 6 nitrogen and oxygen atoms in total. The maximum absolute atomic E-state index is 13.4. The number of halogens is 1. The molecule has 0 unspecified atom stereocenters. The summed E-state index contributed by atoms with van der Waals surface area (Å²) in [4.78, 5) is 24.7. The number of amides is 1. The molecule has 36 heavy (non-hydrogen) atoms. The number of carbonyl (C=O) groups is 1. The van der Waals surface area contributed by atoms with Gasteiger partial charge in [0.05, 0.1) is 17.8 Å². The fourth-order valence-electron chi connectivity index (χ4n) is 4.82. The van der Waals surface area contributed by atoms with Gasteiger partial charge in [-0.3, -0.25) is 9.78 Å². The number of hydrogen-bond donors (Lipinski definition) is 1. The largest absolute Gasteiger partial charge is 0.491 e. The first-order chi connectivity index (χ1) is 17.6. The van der Waals surface area contributed by atoms with Crippen LogP contribution in [-0.4, -0.2) is 42.1 Å². The molecule has 1 aliphatic carbocycles. The van der Waals surface area contributed by atoms with E-state index < -0.39 is 0 Å². The SMILES string of the molecule is CN(c1cc(C(=O)NCCc2cc3c(c(-c4ccc(F)cc4)n2)OCC3)cc2cccnc12)C1CC1. The smallest absolute Gasteiger partial charge is 0.251 e. The molecule has 3 heterocycles. The van der Waals surface area contributed by atoms with Crippen LogP contribution in [0, 0.1) is 5.82 Å². The third kappa shape index (κ3) is 4.37. The minimum absolute atomic E-state index is 0.116. The lowest BCUT2D eigenvalue weighted by Gasteiger charge is -2.21. The van der Waals surface area contributed by atoms with Crippen LogP contribution in [0.15, 0.2) is 60.8 Å². The summed E-state index contributed by atoms with van der Waals surface area (Å²) in [5.41, 5.74) is 6.04. The van der Waals surface area contributed by atoms with Gasteiger partial charge >= 0.3 is 0 Å². The second-order valence-corrected chi connectivity index (χ2v) is 9.47. The number of hydrogen-bond acceptors (Lipinski definition) is 5. The van der Waals surface area contributed by atoms with E-state index in [1.54, 1.807) is 18.3 Å². The molecule has 2 aliphatic rings. The lowest BCUT2D eigenvalue weighted by molar-refractivity contribution is 0.0954. The fraction of sp³-hybridized carbons (Fsp3) is 0.276. The van der Waals surface area contributed by atoms with E-state index in [0.29, 0.717) is 31.2 Å². The van der Waals surface area contributed by atoms with Crippen molar-refractivity contribution in [3.05, 3.63) is 83.4 Å². The summed E-state index contributed by atoms with van der Waals surface area (Å²) >= 11 is 0. The highest BCUT2D eigenvalue weighted by atomic mass is 19.1. The molecule has 6 rings (SSSR count). The Labute approximate surface area is 209 Å². The highest BCUT2D eigenvalue weighted by Gasteiger charge is 2.28. The maximum Gasteiger partial charge on any atom is 0.251 e. The number of nitrogens with zero attached hydrogens (tertiary/aromatic N) is 3. The van der Waals surface area contributed by atoms with Gasteiger partial charge in [-0.15, -0.1) is 0 Å². The number of aromatic nitrogens is 2. The summed E-state index contributed by atoms with van der Waals surface area (Å²) in [7, 11) is 2.07. The van der Waals surface area contributed by atoms with E-state index in [1.807, 2.05) is 30.3 Å². The summed E-state index contributed by atoms with van der Waals surface area (Å²) < 4.78 is 19.3. The molecule has 7 heteroatoms. The highest BCUT2D eigenvalue weighted by molar-refractivity contribution is 6.02. The molecule has 0 bridgehead atoms. The fourth-order valence-corrected chi connectivity index (χ4v) is 4.82. The van der Waals surface area contributed by atoms with E-state index in [0.717, 1.165) is 51.3 Å². The second-order valence-electron chi connectivity index (χ2n) is 9.47. The number of anilines is 1. The van der Waals surface area contributed by atoms with Gasteiger partial charge in [-0.05, 0) is 61.4 Å². The standard InChI is InChI=1S/C29H27FN4O2/c1-34(24-8-9-24)25-17-21(15-19-3-2-12-31-26(19)25)29(35)32-13-10-23-16-20-11-14-36-28(20)27(33-23)18-4-6-22(30)7-5-18/h2-7,12,15-17,24H,8-11,13-14H2,1H3,(H,32,35). The number of fused-ring (bicyclic) bond motifs is 2. The Bertz CT molecular complexity index is 1450. The first-order valence-electron chi connectivity index (χ1n) is 12.4. The summed E-state index contributed by atoms with van der Waals surface area (Å²) in [6.07, 6.45) is 5.52. The van der Waals surface area contributed by atoms with Crippen molar-refractivity contribution in [3.63, 3.8) is 0 Å². The zero-order valence-corrected chi connectivity index (χ0v) is 20.1. The van der Waals surface area contributed by atoms with Gasteiger partial charge in [0.25, 0.3) is 5.91 Å². The molecule has 0 spiro atoms. The van der Waals surface area contributed by atoms with Crippen LogP contribution >= 0.6 is 0 Å². The number of nitrogens with one attached hydrogen (secondary N) is 1. The molecule has 1 N–H and O–H groups in total. The minimum atomic E-state index is -0.286. The average Bonchev–Trinajstić information content (AvgIpc) is 3.64. The Kier molecular flexibility index (Phi) is 5.76. The Morgan fingerprint density at radius 3 is 2.81 bits per heavy atom. The Balaban J connectivity index is 1.20. The van der Waals surface area contributed by atoms with Crippen LogP contribution in [-0.2, 0) is 12.8 Å². The molecule has 0 radical (unpaired) electrons. The zero-order chi connectivity index (χ0) is 24.6. The van der Waals surface area contributed by atoms with Crippen molar-refractivity contribution in [2.75, 3.05) is 25.1 Å². The van der Waals surface area contributed by atoms with Gasteiger partial charge < -0.3 is 15.0 Å². The first kappa shape index (κ1) is 22.5. The van der Waals surface area contributed by atoms with Crippen LogP contribution in [0.3, 0.4) is 0 Å². The third-order valence-electron chi connectivity index (χ3n) is 6.93. The van der Waals surface area contributed by atoms with Crippen molar-refractivity contribution < 1.29 is 13.9 Å². The van der Waals surface area contributed by atoms with Gasteiger partial charge in [0, 0.05) is 66.4 Å². The second kappa shape index (κ2) is 9.22. The molecule has 182 valence electrons. The summed E-state index contributed by atoms with van der Waals surface area (Å²) in [6, 6.07) is 16.6. The lowest BCUT2D eigenvalue weighted by atomic mass is 10.0. The van der Waals surface area contributed by atoms with Crippen molar-refractivity contribution in [1.82, 2.24) is 15.3 Å². The first-order valence-corrected chi connectivity index (χ1v) is 12.4. The van der Waals surface area contributed by atoms with E-state index in [2.05, 4.69) is 22.2 Å². The predicted octanol–water partition coefficient (Wildman–Crippen LogP) is 4.94. The van der Waals surface area contributed by atoms with Gasteiger partial charge in [-0.1, -0.05) is 6.07 Å². The molecular weight excluding hydrogens is 455 g/mol. The van der Waals surface area contributed by atoms with Crippen molar-refractivity contribution in [1.29, 1.82) is 0 Å². The Morgan fingerprint density at radius 1 is 1.17 bits per heavy atom. The van der Waals surface area contributed by atoms with E-state index in [9.17, 15) is 9.18 Å². The Hall–Kier alpha value is -4.00. The van der Waals surface area contributed by atoms with Crippen LogP contribution in [0.1, 0.15) is 34.5 Å². The predicted molar refractivity (Wildman–Crippen MR) is 138 cm³/mol. The maximum atomic E-state index is 13.4. The normalized spacial score (nSPS) is 14.4. The van der Waals surface area contributed by atoms with E-state index in [1.165, 1.54) is 25.0 Å². The number of benzene rings is 2. The summed E-state index contributed by atoms with van der Waals surface area (Å²) in [5, 5.41) is 4.01. The van der Waals surface area contributed by atoms with E-state index in [-0.39, 0.29) is 11.7 Å². The monoisotopic (exact) mass is 482 g/mol. The molecule has 4 aromatic rings. The van der Waals surface area contributed by atoms with Crippen molar-refractivity contribution in [2.45, 2.75) is 31.7 Å². The number of carbonyl (C=O) groups excluding carboxylic acids is 1.